The van der Waals surface area contributed by atoms with Crippen molar-refractivity contribution in [2.45, 2.75) is 24.8 Å². The molecule has 1 aromatic rings. The molecule has 19 heavy (non-hydrogen) atoms. The van der Waals surface area contributed by atoms with Gasteiger partial charge in [0.1, 0.15) is 6.10 Å². The predicted octanol–water partition coefficient (Wildman–Crippen LogP) is 1.17. The fraction of sp³-hybridized carbons (Fsp3) is 0.417. The van der Waals surface area contributed by atoms with Gasteiger partial charge in [-0.15, -0.1) is 0 Å². The highest BCUT2D eigenvalue weighted by molar-refractivity contribution is 6.00. The summed E-state index contributed by atoms with van der Waals surface area (Å²) in [7, 11) is 0. The molecule has 0 bridgehead atoms. The topological polar surface area (TPSA) is 83.6 Å². The average Bonchev–Trinajstić information content (AvgIpc) is 2.36. The monoisotopic (exact) mass is 277 g/mol. The van der Waals surface area contributed by atoms with Crippen molar-refractivity contribution in [1.82, 2.24) is 0 Å². The zero-order valence-electron chi connectivity index (χ0n) is 9.89. The van der Waals surface area contributed by atoms with Crippen LogP contribution < -0.4 is 5.73 Å². The first-order valence-electron chi connectivity index (χ1n) is 5.55. The van der Waals surface area contributed by atoms with E-state index in [1.54, 1.807) is 0 Å². The van der Waals surface area contributed by atoms with Crippen molar-refractivity contribution in [2.75, 3.05) is 6.54 Å². The number of aliphatic hydroxyl groups excluding tert-OH is 2. The summed E-state index contributed by atoms with van der Waals surface area (Å²) in [6.45, 7) is 0.170. The van der Waals surface area contributed by atoms with Crippen molar-refractivity contribution in [3.8, 4) is 0 Å². The lowest BCUT2D eigenvalue weighted by molar-refractivity contribution is -0.0885. The smallest absolute Gasteiger partial charge is 0.390 e. The van der Waals surface area contributed by atoms with E-state index in [0.717, 1.165) is 12.1 Å². The predicted molar refractivity (Wildman–Crippen MR) is 61.5 cm³/mol. The van der Waals surface area contributed by atoms with Crippen LogP contribution in [0.1, 0.15) is 28.4 Å². The Morgan fingerprint density at radius 1 is 1.21 bits per heavy atom. The van der Waals surface area contributed by atoms with Crippen LogP contribution in [0.15, 0.2) is 24.3 Å². The number of ketones is 1. The second-order valence-electron chi connectivity index (χ2n) is 4.04. The molecule has 2 unspecified atom stereocenters. The van der Waals surface area contributed by atoms with E-state index >= 15 is 0 Å². The third-order valence-electron chi connectivity index (χ3n) is 2.60. The maximum Gasteiger partial charge on any atom is 0.454 e. The lowest BCUT2D eigenvalue weighted by Gasteiger charge is -2.17. The standard InChI is InChI=1S/C12H14F3NO3/c13-12(14,15)11(19)8-3-1-7(2-4-8)10(18)9(17)5-6-16/h1-4,9-10,17-18H,5-6,16H2. The Kier molecular flexibility index (Phi) is 5.04. The van der Waals surface area contributed by atoms with Gasteiger partial charge in [0, 0.05) is 5.56 Å². The number of alkyl halides is 3. The molecular formula is C12H14F3NO3. The molecule has 2 atom stereocenters. The molecule has 0 radical (unpaired) electrons. The molecule has 1 aromatic carbocycles. The summed E-state index contributed by atoms with van der Waals surface area (Å²) < 4.78 is 36.5. The molecule has 0 heterocycles. The molecular weight excluding hydrogens is 263 g/mol. The third kappa shape index (κ3) is 4.02. The van der Waals surface area contributed by atoms with Gasteiger partial charge in [0.15, 0.2) is 0 Å². The van der Waals surface area contributed by atoms with Gasteiger partial charge in [-0.2, -0.15) is 13.2 Å². The van der Waals surface area contributed by atoms with Crippen LogP contribution in [0.3, 0.4) is 0 Å². The van der Waals surface area contributed by atoms with E-state index < -0.39 is 29.7 Å². The highest BCUT2D eigenvalue weighted by Gasteiger charge is 2.39. The Hall–Kier alpha value is -1.44. The molecule has 0 fully saturated rings. The molecule has 0 amide bonds. The van der Waals surface area contributed by atoms with E-state index in [1.807, 2.05) is 0 Å². The van der Waals surface area contributed by atoms with Crippen LogP contribution in [-0.2, 0) is 0 Å². The molecule has 106 valence electrons. The molecule has 0 aliphatic rings. The molecule has 0 aliphatic carbocycles. The van der Waals surface area contributed by atoms with E-state index in [2.05, 4.69) is 0 Å². The molecule has 0 saturated heterocycles. The first kappa shape index (κ1) is 15.6. The third-order valence-corrected chi connectivity index (χ3v) is 2.60. The second-order valence-corrected chi connectivity index (χ2v) is 4.04. The van der Waals surface area contributed by atoms with Crippen LogP contribution in [0.5, 0.6) is 0 Å². The number of hydrogen-bond donors (Lipinski definition) is 3. The van der Waals surface area contributed by atoms with Crippen molar-refractivity contribution in [3.05, 3.63) is 35.4 Å². The Labute approximate surface area is 107 Å². The van der Waals surface area contributed by atoms with E-state index in [4.69, 9.17) is 5.73 Å². The summed E-state index contributed by atoms with van der Waals surface area (Å²) in [6, 6.07) is 4.26. The van der Waals surface area contributed by atoms with Crippen molar-refractivity contribution in [3.63, 3.8) is 0 Å². The number of aliphatic hydroxyl groups is 2. The summed E-state index contributed by atoms with van der Waals surface area (Å²) in [5.74, 6) is -1.95. The van der Waals surface area contributed by atoms with E-state index in [-0.39, 0.29) is 18.5 Å². The number of rotatable bonds is 5. The van der Waals surface area contributed by atoms with Crippen molar-refractivity contribution >= 4 is 5.78 Å². The maximum atomic E-state index is 12.2. The van der Waals surface area contributed by atoms with Gasteiger partial charge in [0.05, 0.1) is 6.10 Å². The molecule has 0 aliphatic heterocycles. The number of carbonyl (C=O) groups excluding carboxylic acids is 1. The van der Waals surface area contributed by atoms with Gasteiger partial charge in [-0.3, -0.25) is 4.79 Å². The molecule has 1 rings (SSSR count). The number of nitrogens with two attached hydrogens (primary N) is 1. The lowest BCUT2D eigenvalue weighted by Crippen LogP contribution is -2.23. The molecule has 0 aromatic heterocycles. The number of halogens is 3. The van der Waals surface area contributed by atoms with Gasteiger partial charge >= 0.3 is 6.18 Å². The Bertz CT molecular complexity index is 431. The van der Waals surface area contributed by atoms with Gasteiger partial charge < -0.3 is 15.9 Å². The first-order chi connectivity index (χ1) is 8.77. The Morgan fingerprint density at radius 2 is 1.74 bits per heavy atom. The molecule has 0 spiro atoms. The van der Waals surface area contributed by atoms with Gasteiger partial charge in [0.2, 0.25) is 0 Å². The second kappa shape index (κ2) is 6.14. The number of Topliss-reactive ketones (excluding diaryl/α,β-unsaturated/α-hetero) is 1. The molecule has 0 saturated carbocycles. The van der Waals surface area contributed by atoms with Crippen molar-refractivity contribution < 1.29 is 28.2 Å². The van der Waals surface area contributed by atoms with Gasteiger partial charge in [-0.05, 0) is 18.5 Å². The summed E-state index contributed by atoms with van der Waals surface area (Å²) >= 11 is 0. The fourth-order valence-corrected chi connectivity index (χ4v) is 1.55. The fourth-order valence-electron chi connectivity index (χ4n) is 1.55. The van der Waals surface area contributed by atoms with Gasteiger partial charge in [-0.25, -0.2) is 0 Å². The lowest BCUT2D eigenvalue weighted by atomic mass is 10.00. The normalized spacial score (nSPS) is 15.1. The number of benzene rings is 1. The minimum absolute atomic E-state index is 0.157. The SMILES string of the molecule is NCCC(O)C(O)c1ccc(C(=O)C(F)(F)F)cc1. The molecule has 7 heteroatoms. The molecule has 4 N–H and O–H groups in total. The van der Waals surface area contributed by atoms with E-state index in [0.29, 0.717) is 0 Å². The van der Waals surface area contributed by atoms with Crippen molar-refractivity contribution in [1.29, 1.82) is 0 Å². The van der Waals surface area contributed by atoms with Crippen LogP contribution in [0, 0.1) is 0 Å². The van der Waals surface area contributed by atoms with E-state index in [1.165, 1.54) is 12.1 Å². The highest BCUT2D eigenvalue weighted by Crippen LogP contribution is 2.24. The minimum Gasteiger partial charge on any atom is -0.390 e. The minimum atomic E-state index is -4.93. The maximum absolute atomic E-state index is 12.2. The van der Waals surface area contributed by atoms with Crippen molar-refractivity contribution in [2.24, 2.45) is 5.73 Å². The Morgan fingerprint density at radius 3 is 2.16 bits per heavy atom. The van der Waals surface area contributed by atoms with Crippen LogP contribution in [-0.4, -0.2) is 34.8 Å². The Balaban J connectivity index is 2.85. The van der Waals surface area contributed by atoms with Gasteiger partial charge in [-0.1, -0.05) is 24.3 Å². The van der Waals surface area contributed by atoms with Crippen LogP contribution in [0.25, 0.3) is 0 Å². The summed E-state index contributed by atoms with van der Waals surface area (Å²) in [6.07, 6.45) is -7.13. The van der Waals surface area contributed by atoms with Crippen LogP contribution >= 0.6 is 0 Å². The first-order valence-corrected chi connectivity index (χ1v) is 5.55. The van der Waals surface area contributed by atoms with Crippen LogP contribution in [0.4, 0.5) is 13.2 Å². The average molecular weight is 277 g/mol. The quantitative estimate of drug-likeness (QED) is 0.706. The summed E-state index contributed by atoms with van der Waals surface area (Å²) in [5, 5.41) is 19.2. The number of hydrogen-bond acceptors (Lipinski definition) is 4. The summed E-state index contributed by atoms with van der Waals surface area (Å²) in [5.41, 5.74) is 4.92. The van der Waals surface area contributed by atoms with Gasteiger partial charge in [0.25, 0.3) is 5.78 Å². The zero-order chi connectivity index (χ0) is 14.6. The van der Waals surface area contributed by atoms with E-state index in [9.17, 15) is 28.2 Å². The van der Waals surface area contributed by atoms with Crippen LogP contribution in [0.2, 0.25) is 0 Å². The molecule has 4 nitrogen and oxygen atoms in total. The zero-order valence-corrected chi connectivity index (χ0v) is 9.89. The summed E-state index contributed by atoms with van der Waals surface area (Å²) in [4.78, 5) is 10.9. The largest absolute Gasteiger partial charge is 0.454 e. The number of carbonyl (C=O) groups is 1. The highest BCUT2D eigenvalue weighted by atomic mass is 19.4.